The van der Waals surface area contributed by atoms with Gasteiger partial charge in [-0.25, -0.2) is 4.98 Å². The Labute approximate surface area is 119 Å². The fraction of sp³-hybridized carbons (Fsp3) is 0.429. The Morgan fingerprint density at radius 3 is 2.67 bits per heavy atom. The second-order valence-electron chi connectivity index (χ2n) is 5.13. The molecule has 4 nitrogen and oxygen atoms in total. The van der Waals surface area contributed by atoms with Gasteiger partial charge in [0, 0.05) is 12.8 Å². The lowest BCUT2D eigenvalue weighted by Gasteiger charge is -2.14. The molecule has 1 heterocycles. The van der Waals surface area contributed by atoms with E-state index in [1.807, 2.05) is 0 Å². The molecule has 1 aromatic heterocycles. The Morgan fingerprint density at radius 2 is 2.05 bits per heavy atom. The maximum atomic E-state index is 12.7. The summed E-state index contributed by atoms with van der Waals surface area (Å²) < 4.78 is 39.3. The van der Waals surface area contributed by atoms with Gasteiger partial charge in [-0.15, -0.1) is 0 Å². The number of nitrogens with zero attached hydrogens (tertiary/aromatic N) is 2. The molecule has 0 fully saturated rings. The summed E-state index contributed by atoms with van der Waals surface area (Å²) in [6.07, 6.45) is -4.26. The standard InChI is InChI=1S/C14H15F3N2O2/c1-9(7-13(20)21)6-12-18-10-4-2-3-5-11(10)19(12)8-14(15,16)17/h2-5,9H,6-8H2,1H3,(H,20,21). The summed E-state index contributed by atoms with van der Waals surface area (Å²) in [6.45, 7) is 0.564. The molecule has 2 rings (SSSR count). The SMILES string of the molecule is CC(CC(=O)O)Cc1nc2ccccc2n1CC(F)(F)F. The van der Waals surface area contributed by atoms with Gasteiger partial charge in [-0.2, -0.15) is 13.2 Å². The molecule has 1 unspecified atom stereocenters. The Bertz CT molecular complexity index is 649. The van der Waals surface area contributed by atoms with Gasteiger partial charge < -0.3 is 9.67 Å². The number of rotatable bonds is 5. The molecule has 0 amide bonds. The smallest absolute Gasteiger partial charge is 0.406 e. The van der Waals surface area contributed by atoms with Crippen molar-refractivity contribution in [2.24, 2.45) is 5.92 Å². The highest BCUT2D eigenvalue weighted by molar-refractivity contribution is 5.76. The summed E-state index contributed by atoms with van der Waals surface area (Å²) in [5, 5.41) is 8.75. The highest BCUT2D eigenvalue weighted by Crippen LogP contribution is 2.25. The molecule has 21 heavy (non-hydrogen) atoms. The summed E-state index contributed by atoms with van der Waals surface area (Å²) in [5.74, 6) is -0.991. The van der Waals surface area contributed by atoms with Gasteiger partial charge >= 0.3 is 12.1 Å². The van der Waals surface area contributed by atoms with E-state index in [-0.39, 0.29) is 24.6 Å². The molecule has 0 aliphatic carbocycles. The fourth-order valence-corrected chi connectivity index (χ4v) is 2.32. The van der Waals surface area contributed by atoms with Gasteiger partial charge in [0.1, 0.15) is 12.4 Å². The third-order valence-electron chi connectivity index (χ3n) is 3.13. The molecular formula is C14H15F3N2O2. The molecule has 0 radical (unpaired) electrons. The Morgan fingerprint density at radius 1 is 1.38 bits per heavy atom. The number of carbonyl (C=O) groups is 1. The van der Waals surface area contributed by atoms with Crippen LogP contribution in [0.25, 0.3) is 11.0 Å². The lowest BCUT2D eigenvalue weighted by Crippen LogP contribution is -2.20. The number of para-hydroxylation sites is 2. The second kappa shape index (κ2) is 5.75. The predicted octanol–water partition coefficient (Wildman–Crippen LogP) is 3.25. The van der Waals surface area contributed by atoms with Gasteiger partial charge in [0.25, 0.3) is 0 Å². The van der Waals surface area contributed by atoms with Gasteiger partial charge in [0.15, 0.2) is 0 Å². The van der Waals surface area contributed by atoms with Gasteiger partial charge in [0.2, 0.25) is 0 Å². The Balaban J connectivity index is 2.37. The topological polar surface area (TPSA) is 55.1 Å². The van der Waals surface area contributed by atoms with Gasteiger partial charge in [-0.3, -0.25) is 4.79 Å². The van der Waals surface area contributed by atoms with Gasteiger partial charge in [-0.1, -0.05) is 19.1 Å². The van der Waals surface area contributed by atoms with Crippen molar-refractivity contribution in [1.82, 2.24) is 9.55 Å². The van der Waals surface area contributed by atoms with E-state index in [9.17, 15) is 18.0 Å². The van der Waals surface area contributed by atoms with E-state index in [1.165, 1.54) is 0 Å². The minimum absolute atomic E-state index is 0.102. The molecule has 0 bridgehead atoms. The fourth-order valence-electron chi connectivity index (χ4n) is 2.32. The number of aromatic nitrogens is 2. The highest BCUT2D eigenvalue weighted by atomic mass is 19.4. The zero-order valence-corrected chi connectivity index (χ0v) is 11.4. The van der Waals surface area contributed by atoms with Crippen molar-refractivity contribution >= 4 is 17.0 Å². The number of halogens is 3. The van der Waals surface area contributed by atoms with E-state index in [4.69, 9.17) is 5.11 Å². The van der Waals surface area contributed by atoms with Crippen LogP contribution in [0.5, 0.6) is 0 Å². The molecular weight excluding hydrogens is 285 g/mol. The van der Waals surface area contributed by atoms with Crippen LogP contribution in [-0.2, 0) is 17.8 Å². The molecule has 1 aromatic carbocycles. The van der Waals surface area contributed by atoms with E-state index in [2.05, 4.69) is 4.98 Å². The monoisotopic (exact) mass is 300 g/mol. The first-order valence-electron chi connectivity index (χ1n) is 6.49. The summed E-state index contributed by atoms with van der Waals surface area (Å²) in [6, 6.07) is 6.59. The number of benzene rings is 1. The van der Waals surface area contributed by atoms with E-state index < -0.39 is 18.7 Å². The molecule has 1 atom stereocenters. The lowest BCUT2D eigenvalue weighted by molar-refractivity contribution is -0.141. The molecule has 0 aliphatic rings. The first-order valence-corrected chi connectivity index (χ1v) is 6.49. The molecule has 2 aromatic rings. The van der Waals surface area contributed by atoms with Crippen LogP contribution in [0, 0.1) is 5.92 Å². The van der Waals surface area contributed by atoms with Crippen molar-refractivity contribution in [3.63, 3.8) is 0 Å². The maximum Gasteiger partial charge on any atom is 0.406 e. The lowest BCUT2D eigenvalue weighted by atomic mass is 10.0. The average molecular weight is 300 g/mol. The van der Waals surface area contributed by atoms with E-state index >= 15 is 0 Å². The van der Waals surface area contributed by atoms with Crippen LogP contribution in [0.15, 0.2) is 24.3 Å². The molecule has 7 heteroatoms. The average Bonchev–Trinajstić information content (AvgIpc) is 2.64. The summed E-state index contributed by atoms with van der Waals surface area (Å²) in [5.41, 5.74) is 0.895. The summed E-state index contributed by atoms with van der Waals surface area (Å²) >= 11 is 0. The number of alkyl halides is 3. The Hall–Kier alpha value is -2.05. The minimum atomic E-state index is -4.35. The first kappa shape index (κ1) is 15.3. The van der Waals surface area contributed by atoms with E-state index in [1.54, 1.807) is 31.2 Å². The zero-order valence-electron chi connectivity index (χ0n) is 11.4. The number of carboxylic acids is 1. The van der Waals surface area contributed by atoms with Gasteiger partial charge in [-0.05, 0) is 18.1 Å². The van der Waals surface area contributed by atoms with Crippen LogP contribution in [0.4, 0.5) is 13.2 Å². The van der Waals surface area contributed by atoms with Crippen LogP contribution < -0.4 is 0 Å². The summed E-state index contributed by atoms with van der Waals surface area (Å²) in [4.78, 5) is 14.9. The molecule has 0 saturated heterocycles. The van der Waals surface area contributed by atoms with E-state index in [0.717, 1.165) is 4.57 Å². The van der Waals surface area contributed by atoms with Gasteiger partial charge in [0.05, 0.1) is 11.0 Å². The second-order valence-corrected chi connectivity index (χ2v) is 5.13. The molecule has 0 saturated carbocycles. The number of aliphatic carboxylic acids is 1. The van der Waals surface area contributed by atoms with Crippen LogP contribution in [0.2, 0.25) is 0 Å². The summed E-state index contributed by atoms with van der Waals surface area (Å²) in [7, 11) is 0. The van der Waals surface area contributed by atoms with Crippen LogP contribution >= 0.6 is 0 Å². The third-order valence-corrected chi connectivity index (χ3v) is 3.13. The predicted molar refractivity (Wildman–Crippen MR) is 70.9 cm³/mol. The van der Waals surface area contributed by atoms with Crippen LogP contribution in [-0.4, -0.2) is 26.8 Å². The first-order chi connectivity index (χ1) is 9.76. The molecule has 0 aliphatic heterocycles. The van der Waals surface area contributed by atoms with Crippen molar-refractivity contribution in [3.05, 3.63) is 30.1 Å². The maximum absolute atomic E-state index is 12.7. The van der Waals surface area contributed by atoms with E-state index in [0.29, 0.717) is 11.0 Å². The number of hydrogen-bond donors (Lipinski definition) is 1. The van der Waals surface area contributed by atoms with Crippen LogP contribution in [0.1, 0.15) is 19.2 Å². The largest absolute Gasteiger partial charge is 0.481 e. The quantitative estimate of drug-likeness (QED) is 0.922. The minimum Gasteiger partial charge on any atom is -0.481 e. The molecule has 0 spiro atoms. The number of carboxylic acid groups (broad SMARTS) is 1. The number of fused-ring (bicyclic) bond motifs is 1. The Kier molecular flexibility index (Phi) is 4.20. The third kappa shape index (κ3) is 3.96. The van der Waals surface area contributed by atoms with Crippen molar-refractivity contribution in [3.8, 4) is 0 Å². The normalized spacial score (nSPS) is 13.5. The van der Waals surface area contributed by atoms with Crippen molar-refractivity contribution in [2.45, 2.75) is 32.5 Å². The zero-order chi connectivity index (χ0) is 15.6. The van der Waals surface area contributed by atoms with Crippen molar-refractivity contribution < 1.29 is 23.1 Å². The van der Waals surface area contributed by atoms with Crippen LogP contribution in [0.3, 0.4) is 0 Å². The number of imidazole rings is 1. The number of hydrogen-bond acceptors (Lipinski definition) is 2. The molecule has 114 valence electrons. The highest BCUT2D eigenvalue weighted by Gasteiger charge is 2.30. The van der Waals surface area contributed by atoms with Crippen molar-refractivity contribution in [1.29, 1.82) is 0 Å². The molecule has 1 N–H and O–H groups in total. The van der Waals surface area contributed by atoms with Crippen molar-refractivity contribution in [2.75, 3.05) is 0 Å².